The van der Waals surface area contributed by atoms with Crippen molar-refractivity contribution < 1.29 is 23.9 Å². The molecular weight excluding hydrogens is 494 g/mol. The number of carbonyl (C=O) groups excluding carboxylic acids is 2. The van der Waals surface area contributed by atoms with E-state index in [9.17, 15) is 19.2 Å². The molecule has 3 heterocycles. The number of nitrogens with one attached hydrogen (secondary N) is 3. The van der Waals surface area contributed by atoms with Gasteiger partial charge in [0.25, 0.3) is 17.6 Å². The maximum absolute atomic E-state index is 13.2. The maximum Gasteiger partial charge on any atom is 0.349 e. The van der Waals surface area contributed by atoms with E-state index in [1.165, 1.54) is 18.2 Å². The van der Waals surface area contributed by atoms with E-state index in [1.54, 1.807) is 44.2 Å². The smallest absolute Gasteiger partial charge is 0.349 e. The number of aryl methyl sites for hydroxylation is 1. The predicted octanol–water partition coefficient (Wildman–Crippen LogP) is 1.99. The van der Waals surface area contributed by atoms with Crippen molar-refractivity contribution in [2.24, 2.45) is 0 Å². The van der Waals surface area contributed by atoms with Gasteiger partial charge in [-0.25, -0.2) is 29.1 Å². The number of carboxylic acid groups (broad SMARTS) is 1. The van der Waals surface area contributed by atoms with Gasteiger partial charge < -0.3 is 20.2 Å². The van der Waals surface area contributed by atoms with E-state index in [0.29, 0.717) is 22.6 Å². The Labute approximate surface area is 213 Å². The largest absolute Gasteiger partial charge is 0.478 e. The van der Waals surface area contributed by atoms with Crippen LogP contribution < -0.4 is 16.3 Å². The Kier molecular flexibility index (Phi) is 6.16. The van der Waals surface area contributed by atoms with Crippen molar-refractivity contribution in [3.63, 3.8) is 0 Å². The number of hydrogen-bond donors (Lipinski definition) is 4. The van der Waals surface area contributed by atoms with Crippen LogP contribution in [0.3, 0.4) is 0 Å². The highest BCUT2D eigenvalue weighted by molar-refractivity contribution is 5.98. The summed E-state index contributed by atoms with van der Waals surface area (Å²) < 4.78 is 6.42. The van der Waals surface area contributed by atoms with E-state index >= 15 is 0 Å². The zero-order valence-electron chi connectivity index (χ0n) is 20.2. The fraction of sp³-hybridized carbons (Fsp3) is 0.160. The van der Waals surface area contributed by atoms with Crippen LogP contribution in [-0.4, -0.2) is 47.5 Å². The highest BCUT2D eigenvalue weighted by Crippen LogP contribution is 2.17. The van der Waals surface area contributed by atoms with Crippen LogP contribution in [0.2, 0.25) is 0 Å². The summed E-state index contributed by atoms with van der Waals surface area (Å²) in [7, 11) is 0. The van der Waals surface area contributed by atoms with E-state index in [4.69, 9.17) is 9.52 Å². The number of hydrogen-bond acceptors (Lipinski definition) is 8. The van der Waals surface area contributed by atoms with E-state index in [1.807, 2.05) is 0 Å². The molecule has 0 aliphatic rings. The van der Waals surface area contributed by atoms with Crippen LogP contribution in [0.1, 0.15) is 61.3 Å². The number of carboxylic acids is 1. The standard InChI is InChI=1S/C25H21N7O6/c1-12(15-4-6-16(7-5-15)23(35)36)27-22(34)19-10-18(29-24-30-31-25(37)32(19)24)21(33)26-11-14-3-8-20-17(9-14)28-13(2)38-20/h3-10,12H,11H2,1-2H3,(H,26,33)(H,27,34)(H,31,37)(H,35,36)/t12-/m0/s1. The van der Waals surface area contributed by atoms with Crippen molar-refractivity contribution in [3.8, 4) is 0 Å². The zero-order valence-corrected chi connectivity index (χ0v) is 20.2. The van der Waals surface area contributed by atoms with Gasteiger partial charge in [-0.2, -0.15) is 0 Å². The minimum Gasteiger partial charge on any atom is -0.478 e. The van der Waals surface area contributed by atoms with E-state index in [2.05, 4.69) is 30.8 Å². The average molecular weight is 515 g/mol. The molecule has 13 nitrogen and oxygen atoms in total. The van der Waals surface area contributed by atoms with Gasteiger partial charge >= 0.3 is 11.7 Å². The van der Waals surface area contributed by atoms with Gasteiger partial charge in [0.05, 0.1) is 11.6 Å². The molecule has 38 heavy (non-hydrogen) atoms. The summed E-state index contributed by atoms with van der Waals surface area (Å²) in [6.07, 6.45) is 0. The Morgan fingerprint density at radius 3 is 2.58 bits per heavy atom. The summed E-state index contributed by atoms with van der Waals surface area (Å²) in [6, 6.07) is 12.0. The first-order chi connectivity index (χ1) is 18.2. The van der Waals surface area contributed by atoms with Crippen LogP contribution >= 0.6 is 0 Å². The number of H-pyrrole nitrogens is 1. The van der Waals surface area contributed by atoms with Crippen LogP contribution in [0.5, 0.6) is 0 Å². The van der Waals surface area contributed by atoms with Crippen LogP contribution in [0, 0.1) is 6.92 Å². The van der Waals surface area contributed by atoms with Gasteiger partial charge in [-0.1, -0.05) is 18.2 Å². The predicted molar refractivity (Wildman–Crippen MR) is 133 cm³/mol. The van der Waals surface area contributed by atoms with Crippen LogP contribution in [0.25, 0.3) is 16.9 Å². The number of nitrogens with zero attached hydrogens (tertiary/aromatic N) is 4. The second-order valence-electron chi connectivity index (χ2n) is 8.53. The number of fused-ring (bicyclic) bond motifs is 2. The first-order valence-corrected chi connectivity index (χ1v) is 11.5. The molecule has 4 N–H and O–H groups in total. The maximum atomic E-state index is 13.2. The number of benzene rings is 2. The topological polar surface area (TPSA) is 185 Å². The fourth-order valence-corrected chi connectivity index (χ4v) is 3.94. The van der Waals surface area contributed by atoms with Gasteiger partial charge in [-0.05, 0) is 48.4 Å². The molecule has 0 saturated heterocycles. The molecule has 2 amide bonds. The molecule has 0 spiro atoms. The first kappa shape index (κ1) is 24.4. The van der Waals surface area contributed by atoms with Crippen molar-refractivity contribution >= 4 is 34.7 Å². The van der Waals surface area contributed by atoms with Gasteiger partial charge in [-0.3, -0.25) is 9.59 Å². The molecular formula is C25H21N7O6. The molecule has 0 unspecified atom stereocenters. The minimum absolute atomic E-state index is 0.111. The highest BCUT2D eigenvalue weighted by atomic mass is 16.4. The molecule has 0 aliphatic carbocycles. The quantitative estimate of drug-likeness (QED) is 0.252. The summed E-state index contributed by atoms with van der Waals surface area (Å²) in [6.45, 7) is 3.60. The number of aromatic carboxylic acids is 1. The van der Waals surface area contributed by atoms with Crippen molar-refractivity contribution in [1.29, 1.82) is 0 Å². The summed E-state index contributed by atoms with van der Waals surface area (Å²) >= 11 is 0. The molecule has 13 heteroatoms. The van der Waals surface area contributed by atoms with Crippen LogP contribution in [0.15, 0.2) is 57.7 Å². The normalized spacial score (nSPS) is 11.9. The SMILES string of the molecule is Cc1nc2cc(CNC(=O)c3cc(C(=O)N[C@@H](C)c4ccc(C(=O)O)cc4)n4c(=O)[nH]nc4n3)ccc2o1. The Hall–Kier alpha value is -5.33. The van der Waals surface area contributed by atoms with Crippen molar-refractivity contribution in [2.75, 3.05) is 0 Å². The third-order valence-corrected chi connectivity index (χ3v) is 5.87. The van der Waals surface area contributed by atoms with Gasteiger partial charge in [0.1, 0.15) is 16.9 Å². The summed E-state index contributed by atoms with van der Waals surface area (Å²) in [5, 5.41) is 20.6. The average Bonchev–Trinajstić information content (AvgIpc) is 3.47. The lowest BCUT2D eigenvalue weighted by atomic mass is 10.1. The van der Waals surface area contributed by atoms with E-state index in [0.717, 1.165) is 9.96 Å². The molecule has 3 aromatic heterocycles. The number of amides is 2. The summed E-state index contributed by atoms with van der Waals surface area (Å²) in [5.74, 6) is -1.91. The third kappa shape index (κ3) is 4.72. The second-order valence-corrected chi connectivity index (χ2v) is 8.53. The molecule has 0 bridgehead atoms. The molecule has 0 radical (unpaired) electrons. The van der Waals surface area contributed by atoms with Crippen molar-refractivity contribution in [3.05, 3.63) is 93.0 Å². The van der Waals surface area contributed by atoms with Crippen LogP contribution in [-0.2, 0) is 6.54 Å². The zero-order chi connectivity index (χ0) is 27.0. The number of aromatic amines is 1. The second kappa shape index (κ2) is 9.61. The van der Waals surface area contributed by atoms with Crippen molar-refractivity contribution in [2.45, 2.75) is 26.4 Å². The van der Waals surface area contributed by atoms with Gasteiger partial charge in [0.15, 0.2) is 11.5 Å². The van der Waals surface area contributed by atoms with Gasteiger partial charge in [0.2, 0.25) is 0 Å². The van der Waals surface area contributed by atoms with Crippen molar-refractivity contribution in [1.82, 2.24) is 35.2 Å². The Morgan fingerprint density at radius 2 is 1.84 bits per heavy atom. The Balaban J connectivity index is 1.37. The molecule has 0 aliphatic heterocycles. The monoisotopic (exact) mass is 515 g/mol. The Bertz CT molecular complexity index is 1770. The summed E-state index contributed by atoms with van der Waals surface area (Å²) in [4.78, 5) is 57.9. The number of rotatable bonds is 7. The molecule has 0 saturated carbocycles. The lowest BCUT2D eigenvalue weighted by Gasteiger charge is -2.15. The fourth-order valence-electron chi connectivity index (χ4n) is 3.94. The van der Waals surface area contributed by atoms with Gasteiger partial charge in [-0.15, -0.1) is 5.10 Å². The lowest BCUT2D eigenvalue weighted by molar-refractivity contribution is 0.0696. The molecule has 5 rings (SSSR count). The number of oxazole rings is 1. The molecule has 2 aromatic carbocycles. The molecule has 192 valence electrons. The number of aromatic nitrogens is 5. The third-order valence-electron chi connectivity index (χ3n) is 5.87. The van der Waals surface area contributed by atoms with Gasteiger partial charge in [0, 0.05) is 13.5 Å². The minimum atomic E-state index is -1.06. The first-order valence-electron chi connectivity index (χ1n) is 11.5. The van der Waals surface area contributed by atoms with E-state index in [-0.39, 0.29) is 29.3 Å². The lowest BCUT2D eigenvalue weighted by Crippen LogP contribution is -2.32. The molecule has 1 atom stereocenters. The molecule has 5 aromatic rings. The Morgan fingerprint density at radius 1 is 1.08 bits per heavy atom. The summed E-state index contributed by atoms with van der Waals surface area (Å²) in [5.41, 5.74) is 1.87. The van der Waals surface area contributed by atoms with E-state index < -0.39 is 29.5 Å². The molecule has 0 fully saturated rings. The number of carbonyl (C=O) groups is 3. The van der Waals surface area contributed by atoms with Crippen LogP contribution in [0.4, 0.5) is 0 Å². The highest BCUT2D eigenvalue weighted by Gasteiger charge is 2.21.